The first-order chi connectivity index (χ1) is 33.6. The highest BCUT2D eigenvalue weighted by atomic mass is 35.5. The van der Waals surface area contributed by atoms with E-state index >= 15 is 0 Å². The number of carbonyl (C=O) groups excluding carboxylic acids is 1. The van der Waals surface area contributed by atoms with Crippen molar-refractivity contribution in [3.63, 3.8) is 0 Å². The Balaban J connectivity index is 0.000000169. The normalized spacial score (nSPS) is 23.9. The van der Waals surface area contributed by atoms with Crippen LogP contribution in [0.2, 0.25) is 20.1 Å². The van der Waals surface area contributed by atoms with Crippen molar-refractivity contribution in [2.45, 2.75) is 76.8 Å². The molecule has 4 aromatic carbocycles. The van der Waals surface area contributed by atoms with Crippen molar-refractivity contribution in [1.29, 1.82) is 0 Å². The molecule has 17 heteroatoms. The van der Waals surface area contributed by atoms with Crippen molar-refractivity contribution in [3.05, 3.63) is 161 Å². The molecule has 0 aromatic heterocycles. The number of allylic oxidation sites excluding steroid dienone is 2. The fourth-order valence-electron chi connectivity index (χ4n) is 9.86. The molecular weight excluding hydrogens is 1010 g/mol. The summed E-state index contributed by atoms with van der Waals surface area (Å²) in [6.07, 6.45) is 0. The largest absolute Gasteiger partial charge is 0.477 e. The molecule has 0 radical (unpaired) electrons. The average Bonchev–Trinajstić information content (AvgIpc) is 3.99. The van der Waals surface area contributed by atoms with Crippen LogP contribution < -0.4 is 5.32 Å². The number of hydrogen-bond acceptors (Lipinski definition) is 11. The third-order valence-corrected chi connectivity index (χ3v) is 17.2. The quantitative estimate of drug-likeness (QED) is 0.159. The second kappa shape index (κ2) is 21.4. The number of rotatable bonds is 10. The molecule has 0 spiro atoms. The number of amidine groups is 2. The summed E-state index contributed by atoms with van der Waals surface area (Å²) in [4.78, 5) is 47.8. The van der Waals surface area contributed by atoms with Crippen molar-refractivity contribution in [1.82, 2.24) is 29.8 Å². The van der Waals surface area contributed by atoms with Crippen LogP contribution >= 0.6 is 69.9 Å². The number of benzene rings is 4. The number of carbonyl (C=O) groups is 2. The molecule has 11 nitrogen and oxygen atoms in total. The van der Waals surface area contributed by atoms with Crippen LogP contribution in [0, 0.1) is 11.8 Å². The lowest BCUT2D eigenvalue weighted by Crippen LogP contribution is -2.59. The van der Waals surface area contributed by atoms with Crippen LogP contribution in [0.1, 0.15) is 75.9 Å². The summed E-state index contributed by atoms with van der Waals surface area (Å²) in [6, 6.07) is 32.2. The molecular formula is C54H62Cl4N8O3S2. The summed E-state index contributed by atoms with van der Waals surface area (Å²) in [7, 11) is 8.36. The van der Waals surface area contributed by atoms with Crippen LogP contribution in [-0.4, -0.2) is 118 Å². The van der Waals surface area contributed by atoms with Gasteiger partial charge in [0.05, 0.1) is 12.1 Å². The van der Waals surface area contributed by atoms with Crippen molar-refractivity contribution in [3.8, 4) is 0 Å². The second-order valence-electron chi connectivity index (χ2n) is 20.1. The van der Waals surface area contributed by atoms with Crippen molar-refractivity contribution in [2.24, 2.45) is 21.8 Å². The Labute approximate surface area is 447 Å². The van der Waals surface area contributed by atoms with Gasteiger partial charge in [-0.05, 0) is 148 Å². The molecule has 4 aromatic rings. The fraction of sp³-hybridized carbons (Fsp3) is 0.407. The summed E-state index contributed by atoms with van der Waals surface area (Å²) < 4.78 is 0. The van der Waals surface area contributed by atoms with E-state index in [2.05, 4.69) is 105 Å². The van der Waals surface area contributed by atoms with Gasteiger partial charge in [-0.25, -0.2) is 14.8 Å². The van der Waals surface area contributed by atoms with Gasteiger partial charge in [-0.3, -0.25) is 4.79 Å². The number of aliphatic carboxylic acids is 1. The molecule has 2 fully saturated rings. The van der Waals surface area contributed by atoms with Crippen LogP contribution in [0.4, 0.5) is 0 Å². The minimum absolute atomic E-state index is 0.0312. The van der Waals surface area contributed by atoms with E-state index in [1.807, 2.05) is 91.5 Å². The van der Waals surface area contributed by atoms with E-state index in [9.17, 15) is 14.7 Å². The second-order valence-corrected chi connectivity index (χ2v) is 23.8. The minimum atomic E-state index is -0.918. The molecule has 71 heavy (non-hydrogen) atoms. The zero-order valence-corrected chi connectivity index (χ0v) is 46.4. The van der Waals surface area contributed by atoms with Gasteiger partial charge in [-0.15, -0.1) is 0 Å². The summed E-state index contributed by atoms with van der Waals surface area (Å²) in [5.41, 5.74) is 4.91. The van der Waals surface area contributed by atoms with Crippen LogP contribution in [0.15, 0.2) is 128 Å². The SMILES string of the molecule is CC(C)C1=C(C(=O)N2CC(N(C)C)C2)SC2=NC(C)(c3ccc(Cl)cc3)C(c3ccc(Cl)cc3)N21.CC(C)C1=C(C(=O)O)SC2=NC(C)(c3ccc(Cl)cc3)C(c3ccc(Cl)cc3)N21.CN(C)C1CNC1. The summed E-state index contributed by atoms with van der Waals surface area (Å²) in [6.45, 7) is 16.5. The Morgan fingerprint density at radius 2 is 0.958 bits per heavy atom. The van der Waals surface area contributed by atoms with E-state index in [0.717, 1.165) is 62.9 Å². The lowest BCUT2D eigenvalue weighted by atomic mass is 9.81. The number of hydrogen-bond donors (Lipinski definition) is 2. The molecule has 0 aliphatic carbocycles. The van der Waals surface area contributed by atoms with Gasteiger partial charge in [0.15, 0.2) is 10.3 Å². The predicted molar refractivity (Wildman–Crippen MR) is 295 cm³/mol. The Morgan fingerprint density at radius 1 is 0.606 bits per heavy atom. The number of nitrogens with zero attached hydrogens (tertiary/aromatic N) is 7. The maximum atomic E-state index is 13.6. The molecule has 0 saturated carbocycles. The van der Waals surface area contributed by atoms with E-state index in [4.69, 9.17) is 56.4 Å². The number of nitrogens with one attached hydrogen (secondary N) is 1. The molecule has 10 rings (SSSR count). The molecule has 1 amide bonds. The number of carboxylic acid groups (broad SMARTS) is 1. The summed E-state index contributed by atoms with van der Waals surface area (Å²) in [5, 5.41) is 17.3. The van der Waals surface area contributed by atoms with E-state index in [1.165, 1.54) is 36.6 Å². The summed E-state index contributed by atoms with van der Waals surface area (Å²) >= 11 is 27.4. The van der Waals surface area contributed by atoms with Gasteiger partial charge in [0, 0.05) is 69.7 Å². The molecule has 6 heterocycles. The van der Waals surface area contributed by atoms with Crippen molar-refractivity contribution in [2.75, 3.05) is 54.4 Å². The number of amides is 1. The third kappa shape index (κ3) is 10.6. The number of carboxylic acids is 1. The average molecular weight is 1080 g/mol. The molecule has 2 saturated heterocycles. The first-order valence-corrected chi connectivity index (χ1v) is 27.0. The Morgan fingerprint density at radius 3 is 1.27 bits per heavy atom. The number of likely N-dealkylation sites (tertiary alicyclic amines) is 1. The van der Waals surface area contributed by atoms with Crippen molar-refractivity contribution >= 4 is 92.1 Å². The van der Waals surface area contributed by atoms with Crippen LogP contribution in [-0.2, 0) is 20.7 Å². The molecule has 6 aliphatic heterocycles. The number of halogens is 4. The maximum absolute atomic E-state index is 13.6. The highest BCUT2D eigenvalue weighted by molar-refractivity contribution is 8.18. The Bertz CT molecular complexity index is 2760. The first-order valence-electron chi connectivity index (χ1n) is 23.8. The molecule has 2 N–H and O–H groups in total. The van der Waals surface area contributed by atoms with Crippen LogP contribution in [0.25, 0.3) is 0 Å². The topological polar surface area (TPSA) is 107 Å². The first kappa shape index (κ1) is 53.3. The monoisotopic (exact) mass is 1070 g/mol. The molecule has 376 valence electrons. The van der Waals surface area contributed by atoms with Crippen molar-refractivity contribution < 1.29 is 14.7 Å². The fourth-order valence-corrected chi connectivity index (χ4v) is 13.0. The van der Waals surface area contributed by atoms with Gasteiger partial charge in [-0.2, -0.15) is 0 Å². The highest BCUT2D eigenvalue weighted by Crippen LogP contribution is 2.58. The lowest BCUT2D eigenvalue weighted by Gasteiger charge is -2.43. The number of likely N-dealkylation sites (N-methyl/N-ethyl adjacent to an activating group) is 2. The molecule has 4 unspecified atom stereocenters. The van der Waals surface area contributed by atoms with E-state index in [0.29, 0.717) is 36.2 Å². The molecule has 0 bridgehead atoms. The van der Waals surface area contributed by atoms with E-state index in [-0.39, 0.29) is 29.8 Å². The Kier molecular flexibility index (Phi) is 16.1. The number of aliphatic imine (C=N–C) groups is 2. The third-order valence-electron chi connectivity index (χ3n) is 14.1. The van der Waals surface area contributed by atoms with Crippen LogP contribution in [0.5, 0.6) is 0 Å². The molecule has 4 atom stereocenters. The van der Waals surface area contributed by atoms with E-state index in [1.54, 1.807) is 0 Å². The zero-order valence-electron chi connectivity index (χ0n) is 41.8. The standard InChI is InChI=1S/C27H30Cl2N4OS.C22H20Cl2N2O2S.C5H12N2/c1-16(2)22-23(25(34)32-14-21(15-32)31(4)5)35-26-30-27(3,18-8-12-20(29)13-9-18)24(33(22)26)17-6-10-19(28)11-7-17;1-12(2)17-18(20(27)28)29-21-25-22(3,14-6-10-16(24)11-7-14)19(26(17)21)13-4-8-15(23)9-5-13;1-7(2)5-3-6-4-5/h6-13,16,21,24H,14-15H2,1-5H3;4-12,19H,1-3H3,(H,27,28);5-6H,3-4H2,1-2H3. The predicted octanol–water partition coefficient (Wildman–Crippen LogP) is 11.8. The van der Waals surface area contributed by atoms with Gasteiger partial charge in [0.2, 0.25) is 0 Å². The van der Waals surface area contributed by atoms with E-state index < -0.39 is 17.0 Å². The minimum Gasteiger partial charge on any atom is -0.477 e. The lowest BCUT2D eigenvalue weighted by molar-refractivity contribution is -0.133. The Hall–Kier alpha value is -4.02. The van der Waals surface area contributed by atoms with Crippen LogP contribution in [0.3, 0.4) is 0 Å². The van der Waals surface area contributed by atoms with Gasteiger partial charge < -0.3 is 34.9 Å². The number of fused-ring (bicyclic) bond motifs is 2. The zero-order chi connectivity index (χ0) is 51.3. The highest BCUT2D eigenvalue weighted by Gasteiger charge is 2.55. The van der Waals surface area contributed by atoms with Gasteiger partial charge in [0.25, 0.3) is 5.91 Å². The van der Waals surface area contributed by atoms with Gasteiger partial charge >= 0.3 is 5.97 Å². The molecule has 6 aliphatic rings. The maximum Gasteiger partial charge on any atom is 0.344 e. The number of thioether (sulfide) groups is 2. The van der Waals surface area contributed by atoms with Gasteiger partial charge in [0.1, 0.15) is 20.9 Å². The van der Waals surface area contributed by atoms with Gasteiger partial charge in [-0.1, -0.05) is 123 Å². The summed E-state index contributed by atoms with van der Waals surface area (Å²) in [5.74, 6) is -0.623. The smallest absolute Gasteiger partial charge is 0.344 e.